The van der Waals surface area contributed by atoms with Crippen molar-refractivity contribution in [3.63, 3.8) is 0 Å². The highest BCUT2D eigenvalue weighted by Gasteiger charge is 2.17. The zero-order chi connectivity index (χ0) is 18.4. The van der Waals surface area contributed by atoms with Crippen LogP contribution in [0.25, 0.3) is 0 Å². The highest BCUT2D eigenvalue weighted by atomic mass is 35.5. The third kappa shape index (κ3) is 5.20. The highest BCUT2D eigenvalue weighted by Crippen LogP contribution is 2.20. The number of nitrogens with one attached hydrogen (secondary N) is 2. The van der Waals surface area contributed by atoms with Crippen molar-refractivity contribution in [2.75, 3.05) is 30.9 Å². The fourth-order valence-corrected chi connectivity index (χ4v) is 2.31. The molecule has 1 unspecified atom stereocenters. The number of halogens is 1. The van der Waals surface area contributed by atoms with E-state index in [0.717, 1.165) is 5.69 Å². The summed E-state index contributed by atoms with van der Waals surface area (Å²) in [6, 6.07) is 13.9. The molecule has 0 saturated carbocycles. The molecule has 0 heterocycles. The summed E-state index contributed by atoms with van der Waals surface area (Å²) in [5, 5.41) is 15.3. The summed E-state index contributed by atoms with van der Waals surface area (Å²) in [5.74, 6) is -1.69. The Morgan fingerprint density at radius 1 is 1.08 bits per heavy atom. The molecule has 0 aliphatic rings. The zero-order valence-corrected chi connectivity index (χ0v) is 14.7. The standard InChI is InChI=1S/C18H20ClN3O3/c1-22(2)13-9-7-12(8-10-13)16(23)11-20-17(24)18(25)21-15-6-4-3-5-14(15)19/h3-10,16,23H,11H2,1-2H3,(H,20,24)(H,21,25). The molecular formula is C18H20ClN3O3. The van der Waals surface area contributed by atoms with Crippen molar-refractivity contribution in [2.24, 2.45) is 0 Å². The van der Waals surface area contributed by atoms with Gasteiger partial charge in [-0.3, -0.25) is 9.59 Å². The molecule has 2 aromatic carbocycles. The van der Waals surface area contributed by atoms with E-state index >= 15 is 0 Å². The Balaban J connectivity index is 1.88. The zero-order valence-electron chi connectivity index (χ0n) is 14.0. The molecule has 6 nitrogen and oxygen atoms in total. The summed E-state index contributed by atoms with van der Waals surface area (Å²) in [7, 11) is 3.84. The Bertz CT molecular complexity index is 747. The average molecular weight is 362 g/mol. The van der Waals surface area contributed by atoms with E-state index in [1.54, 1.807) is 36.4 Å². The maximum absolute atomic E-state index is 11.9. The first-order valence-electron chi connectivity index (χ1n) is 7.67. The van der Waals surface area contributed by atoms with Gasteiger partial charge in [-0.15, -0.1) is 0 Å². The molecule has 132 valence electrons. The second kappa shape index (κ2) is 8.50. The first-order chi connectivity index (χ1) is 11.9. The van der Waals surface area contributed by atoms with Crippen LogP contribution in [-0.2, 0) is 9.59 Å². The van der Waals surface area contributed by atoms with E-state index < -0.39 is 17.9 Å². The van der Waals surface area contributed by atoms with Crippen LogP contribution in [-0.4, -0.2) is 37.6 Å². The number of carbonyl (C=O) groups is 2. The predicted octanol–water partition coefficient (Wildman–Crippen LogP) is 2.19. The van der Waals surface area contributed by atoms with Gasteiger partial charge in [0.25, 0.3) is 0 Å². The van der Waals surface area contributed by atoms with Gasteiger partial charge in [-0.05, 0) is 29.8 Å². The van der Waals surface area contributed by atoms with Crippen LogP contribution in [0.2, 0.25) is 5.02 Å². The lowest BCUT2D eigenvalue weighted by molar-refractivity contribution is -0.136. The van der Waals surface area contributed by atoms with E-state index in [1.807, 2.05) is 31.1 Å². The summed E-state index contributed by atoms with van der Waals surface area (Å²) < 4.78 is 0. The molecule has 0 fully saturated rings. The average Bonchev–Trinajstić information content (AvgIpc) is 2.61. The van der Waals surface area contributed by atoms with Gasteiger partial charge in [-0.1, -0.05) is 35.9 Å². The number of aliphatic hydroxyl groups excluding tert-OH is 1. The molecule has 1 atom stereocenters. The fraction of sp³-hybridized carbons (Fsp3) is 0.222. The van der Waals surface area contributed by atoms with Crippen molar-refractivity contribution in [3.05, 3.63) is 59.1 Å². The molecule has 0 aromatic heterocycles. The second-order valence-electron chi connectivity index (χ2n) is 5.65. The van der Waals surface area contributed by atoms with Gasteiger partial charge in [0.15, 0.2) is 0 Å². The van der Waals surface area contributed by atoms with Gasteiger partial charge >= 0.3 is 11.8 Å². The van der Waals surface area contributed by atoms with Gasteiger partial charge < -0.3 is 20.6 Å². The summed E-state index contributed by atoms with van der Waals surface area (Å²) in [5.41, 5.74) is 2.00. The third-order valence-corrected chi connectivity index (χ3v) is 3.91. The normalized spacial score (nSPS) is 11.5. The monoisotopic (exact) mass is 361 g/mol. The van der Waals surface area contributed by atoms with Crippen LogP contribution in [0, 0.1) is 0 Å². The molecule has 0 spiro atoms. The van der Waals surface area contributed by atoms with Crippen molar-refractivity contribution in [1.29, 1.82) is 0 Å². The summed E-state index contributed by atoms with van der Waals surface area (Å²) >= 11 is 5.93. The molecule has 2 aromatic rings. The number of rotatable bonds is 5. The van der Waals surface area contributed by atoms with Crippen LogP contribution in [0.15, 0.2) is 48.5 Å². The van der Waals surface area contributed by atoms with Gasteiger partial charge in [0, 0.05) is 26.3 Å². The smallest absolute Gasteiger partial charge is 0.313 e. The number of para-hydroxylation sites is 1. The number of anilines is 2. The maximum Gasteiger partial charge on any atom is 0.313 e. The Morgan fingerprint density at radius 2 is 1.72 bits per heavy atom. The second-order valence-corrected chi connectivity index (χ2v) is 6.05. The van der Waals surface area contributed by atoms with Gasteiger partial charge in [-0.2, -0.15) is 0 Å². The Hall–Kier alpha value is -2.57. The van der Waals surface area contributed by atoms with E-state index in [4.69, 9.17) is 11.6 Å². The quantitative estimate of drug-likeness (QED) is 0.713. The van der Waals surface area contributed by atoms with E-state index in [1.165, 1.54) is 0 Å². The molecule has 2 amide bonds. The minimum absolute atomic E-state index is 0.0733. The van der Waals surface area contributed by atoms with Crippen LogP contribution in [0.1, 0.15) is 11.7 Å². The first-order valence-corrected chi connectivity index (χ1v) is 8.05. The summed E-state index contributed by atoms with van der Waals surface area (Å²) in [6.07, 6.45) is -0.909. The Morgan fingerprint density at radius 3 is 2.32 bits per heavy atom. The van der Waals surface area contributed by atoms with E-state index in [-0.39, 0.29) is 6.54 Å². The van der Waals surface area contributed by atoms with E-state index in [0.29, 0.717) is 16.3 Å². The van der Waals surface area contributed by atoms with Crippen molar-refractivity contribution < 1.29 is 14.7 Å². The SMILES string of the molecule is CN(C)c1ccc(C(O)CNC(=O)C(=O)Nc2ccccc2Cl)cc1. The van der Waals surface area contributed by atoms with Gasteiger partial charge in [0.2, 0.25) is 0 Å². The molecule has 0 aliphatic carbocycles. The number of aliphatic hydroxyl groups is 1. The first kappa shape index (κ1) is 18.8. The molecule has 25 heavy (non-hydrogen) atoms. The van der Waals surface area contributed by atoms with Gasteiger partial charge in [-0.25, -0.2) is 0 Å². The topological polar surface area (TPSA) is 81.7 Å². The van der Waals surface area contributed by atoms with E-state index in [2.05, 4.69) is 10.6 Å². The minimum Gasteiger partial charge on any atom is -0.387 e. The summed E-state index contributed by atoms with van der Waals surface area (Å²) in [4.78, 5) is 25.7. The maximum atomic E-state index is 11.9. The highest BCUT2D eigenvalue weighted by molar-refractivity contribution is 6.41. The lowest BCUT2D eigenvalue weighted by atomic mass is 10.1. The molecule has 0 radical (unpaired) electrons. The number of carbonyl (C=O) groups excluding carboxylic acids is 2. The molecule has 0 aliphatic heterocycles. The largest absolute Gasteiger partial charge is 0.387 e. The minimum atomic E-state index is -0.909. The molecule has 0 saturated heterocycles. The number of hydrogen-bond donors (Lipinski definition) is 3. The molecular weight excluding hydrogens is 342 g/mol. The fourth-order valence-electron chi connectivity index (χ4n) is 2.12. The van der Waals surface area contributed by atoms with Crippen molar-refractivity contribution >= 4 is 34.8 Å². The Kier molecular flexibility index (Phi) is 6.38. The van der Waals surface area contributed by atoms with Crippen molar-refractivity contribution in [1.82, 2.24) is 5.32 Å². The molecule has 2 rings (SSSR count). The van der Waals surface area contributed by atoms with Gasteiger partial charge in [0.1, 0.15) is 0 Å². The van der Waals surface area contributed by atoms with Gasteiger partial charge in [0.05, 0.1) is 16.8 Å². The number of amides is 2. The van der Waals surface area contributed by atoms with Crippen LogP contribution in [0.3, 0.4) is 0 Å². The van der Waals surface area contributed by atoms with Crippen LogP contribution >= 0.6 is 11.6 Å². The van der Waals surface area contributed by atoms with Crippen molar-refractivity contribution in [3.8, 4) is 0 Å². The number of benzene rings is 2. The Labute approximate surface area is 151 Å². The predicted molar refractivity (Wildman–Crippen MR) is 98.8 cm³/mol. The molecule has 0 bridgehead atoms. The summed E-state index contributed by atoms with van der Waals surface area (Å²) in [6.45, 7) is -0.0733. The third-order valence-electron chi connectivity index (χ3n) is 3.58. The van der Waals surface area contributed by atoms with E-state index in [9.17, 15) is 14.7 Å². The molecule has 7 heteroatoms. The number of nitrogens with zero attached hydrogens (tertiary/aromatic N) is 1. The lowest BCUT2D eigenvalue weighted by Crippen LogP contribution is -2.37. The van der Waals surface area contributed by atoms with Crippen LogP contribution < -0.4 is 15.5 Å². The van der Waals surface area contributed by atoms with Crippen LogP contribution in [0.4, 0.5) is 11.4 Å². The lowest BCUT2D eigenvalue weighted by Gasteiger charge is -2.15. The van der Waals surface area contributed by atoms with Crippen LogP contribution in [0.5, 0.6) is 0 Å². The molecule has 3 N–H and O–H groups in total. The number of hydrogen-bond acceptors (Lipinski definition) is 4. The van der Waals surface area contributed by atoms with Crippen molar-refractivity contribution in [2.45, 2.75) is 6.10 Å².